The van der Waals surface area contributed by atoms with Crippen molar-refractivity contribution in [2.45, 2.75) is 66.7 Å². The summed E-state index contributed by atoms with van der Waals surface area (Å²) in [6, 6.07) is 5.70. The highest BCUT2D eigenvalue weighted by Crippen LogP contribution is 2.38. The van der Waals surface area contributed by atoms with E-state index in [0.717, 1.165) is 49.0 Å². The van der Waals surface area contributed by atoms with Gasteiger partial charge in [-0.25, -0.2) is 0 Å². The number of nitrogens with zero attached hydrogens (tertiary/aromatic N) is 1. The fourth-order valence-corrected chi connectivity index (χ4v) is 3.06. The fourth-order valence-electron chi connectivity index (χ4n) is 3.06. The maximum absolute atomic E-state index is 12.1. The molecule has 166 valence electrons. The summed E-state index contributed by atoms with van der Waals surface area (Å²) in [5.74, 6) is 2.30. The minimum absolute atomic E-state index is 0.247. The molecule has 2 aromatic rings. The maximum atomic E-state index is 12.1. The van der Waals surface area contributed by atoms with Crippen LogP contribution in [-0.2, 0) is 6.42 Å². The minimum Gasteiger partial charge on any atom is -0.493 e. The Bertz CT molecular complexity index is 798. The molecule has 6 nitrogen and oxygen atoms in total. The second kappa shape index (κ2) is 12.3. The molecular formula is C24H36N2O4. The van der Waals surface area contributed by atoms with Crippen LogP contribution in [0.3, 0.4) is 0 Å². The van der Waals surface area contributed by atoms with Crippen molar-refractivity contribution in [2.75, 3.05) is 19.8 Å². The van der Waals surface area contributed by atoms with Crippen LogP contribution in [0.15, 0.2) is 22.7 Å². The van der Waals surface area contributed by atoms with Gasteiger partial charge in [0.05, 0.1) is 18.8 Å². The van der Waals surface area contributed by atoms with Crippen LogP contribution in [-0.4, -0.2) is 30.8 Å². The van der Waals surface area contributed by atoms with E-state index in [0.29, 0.717) is 37.2 Å². The van der Waals surface area contributed by atoms with E-state index in [1.807, 2.05) is 13.0 Å². The number of unbranched alkanes of at least 4 members (excludes halogenated alkanes) is 2. The van der Waals surface area contributed by atoms with Crippen molar-refractivity contribution in [3.05, 3.63) is 29.5 Å². The van der Waals surface area contributed by atoms with E-state index in [-0.39, 0.29) is 11.6 Å². The Hall–Kier alpha value is -2.50. The number of carbonyl (C=O) groups is 1. The first-order chi connectivity index (χ1) is 14.5. The molecule has 0 saturated carbocycles. The fraction of sp³-hybridized carbons (Fsp3) is 0.583. The number of carbonyl (C=O) groups excluding carboxylic acids is 1. The highest BCUT2D eigenvalue weighted by molar-refractivity contribution is 5.93. The number of amides is 1. The molecule has 0 fully saturated rings. The monoisotopic (exact) mass is 416 g/mol. The first-order valence-electron chi connectivity index (χ1n) is 11.2. The molecule has 1 amide bonds. The summed E-state index contributed by atoms with van der Waals surface area (Å²) in [4.78, 5) is 12.1. The van der Waals surface area contributed by atoms with Crippen LogP contribution >= 0.6 is 0 Å². The average Bonchev–Trinajstić information content (AvgIpc) is 3.20. The summed E-state index contributed by atoms with van der Waals surface area (Å²) in [7, 11) is 0. The van der Waals surface area contributed by atoms with E-state index in [4.69, 9.17) is 14.0 Å². The van der Waals surface area contributed by atoms with Crippen molar-refractivity contribution >= 4 is 5.91 Å². The largest absolute Gasteiger partial charge is 0.493 e. The van der Waals surface area contributed by atoms with Crippen LogP contribution < -0.4 is 14.8 Å². The summed E-state index contributed by atoms with van der Waals surface area (Å²) in [6.07, 6.45) is 4.97. The van der Waals surface area contributed by atoms with Crippen molar-refractivity contribution in [2.24, 2.45) is 5.92 Å². The third-order valence-electron chi connectivity index (χ3n) is 4.65. The normalized spacial score (nSPS) is 11.0. The Balaban J connectivity index is 2.45. The molecule has 30 heavy (non-hydrogen) atoms. The molecule has 1 aromatic heterocycles. The van der Waals surface area contributed by atoms with Crippen LogP contribution in [0.25, 0.3) is 11.3 Å². The molecule has 0 spiro atoms. The van der Waals surface area contributed by atoms with Crippen LogP contribution in [0.5, 0.6) is 11.5 Å². The maximum Gasteiger partial charge on any atom is 0.273 e. The van der Waals surface area contributed by atoms with E-state index < -0.39 is 0 Å². The first kappa shape index (κ1) is 23.8. The van der Waals surface area contributed by atoms with Gasteiger partial charge in [-0.3, -0.25) is 4.79 Å². The molecule has 1 heterocycles. The predicted molar refractivity (Wildman–Crippen MR) is 119 cm³/mol. The lowest BCUT2D eigenvalue weighted by atomic mass is 9.98. The summed E-state index contributed by atoms with van der Waals surface area (Å²) < 4.78 is 17.7. The zero-order valence-electron chi connectivity index (χ0n) is 19.0. The van der Waals surface area contributed by atoms with Gasteiger partial charge in [0.25, 0.3) is 5.91 Å². The molecule has 1 aromatic carbocycles. The lowest BCUT2D eigenvalue weighted by molar-refractivity contribution is 0.0947. The molecule has 0 atom stereocenters. The van der Waals surface area contributed by atoms with Crippen molar-refractivity contribution in [3.63, 3.8) is 0 Å². The summed E-state index contributed by atoms with van der Waals surface area (Å²) >= 11 is 0. The van der Waals surface area contributed by atoms with E-state index in [9.17, 15) is 4.79 Å². The number of aromatic nitrogens is 1. The van der Waals surface area contributed by atoms with Crippen molar-refractivity contribution in [1.82, 2.24) is 10.5 Å². The lowest BCUT2D eigenvalue weighted by Gasteiger charge is -2.18. The average molecular weight is 417 g/mol. The predicted octanol–water partition coefficient (Wildman–Crippen LogP) is 5.65. The molecule has 0 unspecified atom stereocenters. The highest BCUT2D eigenvalue weighted by atomic mass is 16.5. The first-order valence-corrected chi connectivity index (χ1v) is 11.2. The van der Waals surface area contributed by atoms with Gasteiger partial charge in [-0.2, -0.15) is 0 Å². The van der Waals surface area contributed by atoms with E-state index >= 15 is 0 Å². The molecule has 0 aliphatic rings. The molecule has 0 aliphatic heterocycles. The quantitative estimate of drug-likeness (QED) is 0.427. The van der Waals surface area contributed by atoms with Crippen LogP contribution in [0.1, 0.15) is 76.4 Å². The van der Waals surface area contributed by atoms with Crippen molar-refractivity contribution < 1.29 is 18.8 Å². The van der Waals surface area contributed by atoms with Gasteiger partial charge in [-0.15, -0.1) is 0 Å². The van der Waals surface area contributed by atoms with Gasteiger partial charge in [-0.05, 0) is 43.7 Å². The smallest absolute Gasteiger partial charge is 0.273 e. The van der Waals surface area contributed by atoms with Crippen LogP contribution in [0.4, 0.5) is 0 Å². The third kappa shape index (κ3) is 6.78. The number of hydrogen-bond acceptors (Lipinski definition) is 5. The van der Waals surface area contributed by atoms with Crippen molar-refractivity contribution in [3.8, 4) is 22.8 Å². The zero-order chi connectivity index (χ0) is 21.9. The Morgan fingerprint density at radius 3 is 2.30 bits per heavy atom. The van der Waals surface area contributed by atoms with Gasteiger partial charge >= 0.3 is 0 Å². The second-order valence-electron chi connectivity index (χ2n) is 7.89. The molecule has 1 N–H and O–H groups in total. The third-order valence-corrected chi connectivity index (χ3v) is 4.65. The molecule has 0 bridgehead atoms. The van der Waals surface area contributed by atoms with E-state index in [1.54, 1.807) is 6.07 Å². The SMILES string of the molecule is CCCCOc1cc(OCCCC)c(-c2cc(C(=O)NCC)no2)cc1CC(C)C. The second-order valence-corrected chi connectivity index (χ2v) is 7.89. The number of nitrogens with one attached hydrogen (secondary N) is 1. The molecule has 0 saturated heterocycles. The molecule has 6 heteroatoms. The number of hydrogen-bond donors (Lipinski definition) is 1. The van der Waals surface area contributed by atoms with Crippen LogP contribution in [0, 0.1) is 5.92 Å². The molecule has 0 aliphatic carbocycles. The number of rotatable bonds is 13. The number of benzene rings is 1. The topological polar surface area (TPSA) is 73.6 Å². The van der Waals surface area contributed by atoms with Gasteiger partial charge in [0.1, 0.15) is 11.5 Å². The molecule has 0 radical (unpaired) electrons. The Kier molecular flexibility index (Phi) is 9.71. The van der Waals surface area contributed by atoms with Crippen molar-refractivity contribution in [1.29, 1.82) is 0 Å². The van der Waals surface area contributed by atoms with Gasteiger partial charge in [0.2, 0.25) is 0 Å². The summed E-state index contributed by atoms with van der Waals surface area (Å²) in [6.45, 7) is 12.3. The summed E-state index contributed by atoms with van der Waals surface area (Å²) in [5, 5.41) is 6.69. The Morgan fingerprint density at radius 2 is 1.70 bits per heavy atom. The van der Waals surface area contributed by atoms with Gasteiger partial charge in [0.15, 0.2) is 11.5 Å². The Labute approximate surface area is 180 Å². The minimum atomic E-state index is -0.247. The molecular weight excluding hydrogens is 380 g/mol. The Morgan fingerprint density at radius 1 is 1.03 bits per heavy atom. The zero-order valence-corrected chi connectivity index (χ0v) is 19.0. The van der Waals surface area contributed by atoms with Gasteiger partial charge in [-0.1, -0.05) is 45.7 Å². The van der Waals surface area contributed by atoms with Crippen LogP contribution in [0.2, 0.25) is 0 Å². The standard InChI is InChI=1S/C24H36N2O4/c1-6-9-11-28-21-16-22(29-12-10-7-2)19(14-18(21)13-17(4)5)23-15-20(26-30-23)24(27)25-8-3/h14-17H,6-13H2,1-5H3,(H,25,27). The van der Waals surface area contributed by atoms with Gasteiger partial charge < -0.3 is 19.3 Å². The molecule has 2 rings (SSSR count). The van der Waals surface area contributed by atoms with E-state index in [2.05, 4.69) is 44.2 Å². The summed E-state index contributed by atoms with van der Waals surface area (Å²) in [5.41, 5.74) is 2.17. The lowest BCUT2D eigenvalue weighted by Crippen LogP contribution is -2.22. The van der Waals surface area contributed by atoms with E-state index in [1.165, 1.54) is 0 Å². The highest BCUT2D eigenvalue weighted by Gasteiger charge is 2.20. The number of ether oxygens (including phenoxy) is 2. The van der Waals surface area contributed by atoms with Gasteiger partial charge in [0, 0.05) is 18.7 Å².